The summed E-state index contributed by atoms with van der Waals surface area (Å²) >= 11 is 0. The van der Waals surface area contributed by atoms with Crippen molar-refractivity contribution < 1.29 is 13.5 Å². The average Bonchev–Trinajstić information content (AvgIpc) is 2.07. The molecule has 0 atom stereocenters. The van der Waals surface area contributed by atoms with Gasteiger partial charge in [0.1, 0.15) is 12.4 Å². The molecule has 0 fully saturated rings. The van der Waals surface area contributed by atoms with Gasteiger partial charge in [-0.1, -0.05) is 0 Å². The third-order valence-corrected chi connectivity index (χ3v) is 1.43. The number of hydrogen-bond donors (Lipinski definition) is 2. The Morgan fingerprint density at radius 2 is 1.92 bits per heavy atom. The third kappa shape index (κ3) is 2.77. The van der Waals surface area contributed by atoms with Crippen molar-refractivity contribution in [3.63, 3.8) is 0 Å². The van der Waals surface area contributed by atoms with Crippen LogP contribution in [-0.4, -0.2) is 13.0 Å². The van der Waals surface area contributed by atoms with Gasteiger partial charge in [0.05, 0.1) is 11.4 Å². The Balaban J connectivity index is 2.63. The predicted octanol–water partition coefficient (Wildman–Crippen LogP) is 1.49. The second-order valence-electron chi connectivity index (χ2n) is 2.49. The molecule has 72 valence electrons. The molecule has 0 aliphatic heterocycles. The summed E-state index contributed by atoms with van der Waals surface area (Å²) in [6, 6.07) is 4.42. The second-order valence-corrected chi connectivity index (χ2v) is 2.49. The highest BCUT2D eigenvalue weighted by Crippen LogP contribution is 2.21. The molecule has 1 aromatic carbocycles. The van der Waals surface area contributed by atoms with E-state index >= 15 is 0 Å². The molecule has 5 heteroatoms. The zero-order chi connectivity index (χ0) is 9.84. The maximum Gasteiger partial charge on any atom is 0.272 e. The Morgan fingerprint density at radius 3 is 2.46 bits per heavy atom. The van der Waals surface area contributed by atoms with Crippen LogP contribution < -0.4 is 16.2 Å². The Kier molecular flexibility index (Phi) is 2.89. The number of nitrogens with two attached hydrogens (primary N) is 2. The molecule has 0 bridgehead atoms. The average molecular weight is 188 g/mol. The van der Waals surface area contributed by atoms with Gasteiger partial charge in [0.15, 0.2) is 0 Å². The predicted molar refractivity (Wildman–Crippen MR) is 46.8 cm³/mol. The number of alkyl halides is 2. The summed E-state index contributed by atoms with van der Waals surface area (Å²) < 4.78 is 28.2. The van der Waals surface area contributed by atoms with E-state index in [4.69, 9.17) is 16.2 Å². The van der Waals surface area contributed by atoms with Crippen LogP contribution in [0.4, 0.5) is 20.2 Å². The quantitative estimate of drug-likeness (QED) is 0.706. The zero-order valence-electron chi connectivity index (χ0n) is 6.84. The lowest BCUT2D eigenvalue weighted by Crippen LogP contribution is -2.07. The first-order valence-corrected chi connectivity index (χ1v) is 3.65. The molecule has 0 unspecified atom stereocenters. The highest BCUT2D eigenvalue weighted by Gasteiger charge is 2.04. The van der Waals surface area contributed by atoms with E-state index in [2.05, 4.69) is 0 Å². The number of ether oxygens (including phenoxy) is 1. The largest absolute Gasteiger partial charge is 0.488 e. The Hall–Kier alpha value is -1.52. The molecule has 0 aromatic heterocycles. The molecular formula is C8H10F2N2O. The van der Waals surface area contributed by atoms with Crippen LogP contribution in [0.15, 0.2) is 18.2 Å². The molecule has 13 heavy (non-hydrogen) atoms. The molecule has 0 aliphatic rings. The summed E-state index contributed by atoms with van der Waals surface area (Å²) in [6.07, 6.45) is -2.49. The van der Waals surface area contributed by atoms with Crippen LogP contribution in [-0.2, 0) is 0 Å². The molecule has 0 saturated carbocycles. The lowest BCUT2D eigenvalue weighted by molar-refractivity contribution is 0.0819. The van der Waals surface area contributed by atoms with E-state index in [9.17, 15) is 8.78 Å². The van der Waals surface area contributed by atoms with Gasteiger partial charge in [0.2, 0.25) is 0 Å². The molecule has 0 aliphatic carbocycles. The lowest BCUT2D eigenvalue weighted by Gasteiger charge is -2.06. The fraction of sp³-hybridized carbons (Fsp3) is 0.250. The smallest absolute Gasteiger partial charge is 0.272 e. The molecule has 3 nitrogen and oxygen atoms in total. The van der Waals surface area contributed by atoms with Gasteiger partial charge >= 0.3 is 0 Å². The number of nitrogen functional groups attached to an aromatic ring is 2. The van der Waals surface area contributed by atoms with Crippen LogP contribution in [0.25, 0.3) is 0 Å². The van der Waals surface area contributed by atoms with E-state index in [0.29, 0.717) is 17.1 Å². The van der Waals surface area contributed by atoms with Gasteiger partial charge in [0.25, 0.3) is 6.43 Å². The molecule has 0 heterocycles. The molecule has 0 saturated heterocycles. The third-order valence-electron chi connectivity index (χ3n) is 1.43. The number of rotatable bonds is 3. The SMILES string of the molecule is Nc1ccc(OCC(F)F)cc1N. The van der Waals surface area contributed by atoms with Gasteiger partial charge in [-0.2, -0.15) is 0 Å². The van der Waals surface area contributed by atoms with E-state index in [1.165, 1.54) is 18.2 Å². The van der Waals surface area contributed by atoms with Crippen molar-refractivity contribution in [2.45, 2.75) is 6.43 Å². The first-order chi connectivity index (χ1) is 6.09. The van der Waals surface area contributed by atoms with Gasteiger partial charge in [0, 0.05) is 6.07 Å². The summed E-state index contributed by atoms with van der Waals surface area (Å²) in [4.78, 5) is 0. The number of halogens is 2. The van der Waals surface area contributed by atoms with Gasteiger partial charge < -0.3 is 16.2 Å². The standard InChI is InChI=1S/C8H10F2N2O/c9-8(10)4-13-5-1-2-6(11)7(12)3-5/h1-3,8H,4,11-12H2. The van der Waals surface area contributed by atoms with Crippen molar-refractivity contribution in [2.75, 3.05) is 18.1 Å². The molecule has 0 spiro atoms. The Morgan fingerprint density at radius 1 is 1.23 bits per heavy atom. The fourth-order valence-corrected chi connectivity index (χ4v) is 0.802. The van der Waals surface area contributed by atoms with Crippen molar-refractivity contribution in [3.8, 4) is 5.75 Å². The van der Waals surface area contributed by atoms with E-state index < -0.39 is 13.0 Å². The second kappa shape index (κ2) is 3.93. The van der Waals surface area contributed by atoms with E-state index in [1.54, 1.807) is 0 Å². The van der Waals surface area contributed by atoms with Gasteiger partial charge in [-0.3, -0.25) is 0 Å². The summed E-state index contributed by atoms with van der Waals surface area (Å²) in [5, 5.41) is 0. The molecular weight excluding hydrogens is 178 g/mol. The van der Waals surface area contributed by atoms with Crippen molar-refractivity contribution in [1.82, 2.24) is 0 Å². The summed E-state index contributed by atoms with van der Waals surface area (Å²) in [7, 11) is 0. The van der Waals surface area contributed by atoms with Gasteiger partial charge in [-0.25, -0.2) is 8.78 Å². The Bertz CT molecular complexity index is 291. The first kappa shape index (κ1) is 9.57. The van der Waals surface area contributed by atoms with Gasteiger partial charge in [-0.15, -0.1) is 0 Å². The minimum Gasteiger partial charge on any atom is -0.488 e. The maximum absolute atomic E-state index is 11.7. The number of hydrogen-bond acceptors (Lipinski definition) is 3. The van der Waals surface area contributed by atoms with E-state index in [1.807, 2.05) is 0 Å². The minimum atomic E-state index is -2.49. The van der Waals surface area contributed by atoms with Crippen LogP contribution in [0.3, 0.4) is 0 Å². The fourth-order valence-electron chi connectivity index (χ4n) is 0.802. The molecule has 1 aromatic rings. The molecule has 1 rings (SSSR count). The number of anilines is 2. The van der Waals surface area contributed by atoms with Crippen LogP contribution >= 0.6 is 0 Å². The topological polar surface area (TPSA) is 61.3 Å². The summed E-state index contributed by atoms with van der Waals surface area (Å²) in [5.74, 6) is 0.298. The van der Waals surface area contributed by atoms with Crippen LogP contribution in [0.2, 0.25) is 0 Å². The van der Waals surface area contributed by atoms with E-state index in [0.717, 1.165) is 0 Å². The zero-order valence-corrected chi connectivity index (χ0v) is 6.84. The monoisotopic (exact) mass is 188 g/mol. The van der Waals surface area contributed by atoms with Crippen molar-refractivity contribution >= 4 is 11.4 Å². The van der Waals surface area contributed by atoms with Crippen molar-refractivity contribution in [3.05, 3.63) is 18.2 Å². The minimum absolute atomic E-state index is 0.298. The molecule has 0 radical (unpaired) electrons. The van der Waals surface area contributed by atoms with Crippen molar-refractivity contribution in [1.29, 1.82) is 0 Å². The summed E-state index contributed by atoms with van der Waals surface area (Å²) in [5.41, 5.74) is 11.6. The molecule has 4 N–H and O–H groups in total. The van der Waals surface area contributed by atoms with Crippen LogP contribution in [0, 0.1) is 0 Å². The first-order valence-electron chi connectivity index (χ1n) is 3.65. The molecule has 0 amide bonds. The Labute approximate surface area is 74.3 Å². The lowest BCUT2D eigenvalue weighted by atomic mass is 10.2. The van der Waals surface area contributed by atoms with Crippen LogP contribution in [0.5, 0.6) is 5.75 Å². The highest BCUT2D eigenvalue weighted by atomic mass is 19.3. The van der Waals surface area contributed by atoms with E-state index in [-0.39, 0.29) is 0 Å². The van der Waals surface area contributed by atoms with Gasteiger partial charge in [-0.05, 0) is 12.1 Å². The van der Waals surface area contributed by atoms with Crippen LogP contribution in [0.1, 0.15) is 0 Å². The van der Waals surface area contributed by atoms with Crippen molar-refractivity contribution in [2.24, 2.45) is 0 Å². The number of benzene rings is 1. The highest BCUT2D eigenvalue weighted by molar-refractivity contribution is 5.65. The normalized spacial score (nSPS) is 10.4. The maximum atomic E-state index is 11.7. The summed E-state index contributed by atoms with van der Waals surface area (Å²) in [6.45, 7) is -0.636.